The molecule has 0 atom stereocenters. The molecule has 2 rings (SSSR count). The van der Waals surface area contributed by atoms with Crippen LogP contribution in [0.4, 0.5) is 0 Å². The van der Waals surface area contributed by atoms with E-state index in [1.807, 2.05) is 12.1 Å². The van der Waals surface area contributed by atoms with Crippen LogP contribution in [0, 0.1) is 0 Å². The van der Waals surface area contributed by atoms with E-state index < -0.39 is 0 Å². The Bertz CT molecular complexity index is 658. The third kappa shape index (κ3) is 5.01. The lowest BCUT2D eigenvalue weighted by atomic mass is 10.2. The first-order valence-corrected chi connectivity index (χ1v) is 9.85. The van der Waals surface area contributed by atoms with Crippen LogP contribution in [0.2, 0.25) is 10.0 Å². The minimum Gasteiger partial charge on any atom is -0.287 e. The molecule has 0 saturated carbocycles. The van der Waals surface area contributed by atoms with Gasteiger partial charge >= 0.3 is 0 Å². The molecule has 0 aromatic heterocycles. The predicted molar refractivity (Wildman–Crippen MR) is 106 cm³/mol. The molecule has 0 unspecified atom stereocenters. The number of thioether (sulfide) groups is 1. The highest BCUT2D eigenvalue weighted by molar-refractivity contribution is 8.18. The highest BCUT2D eigenvalue weighted by Crippen LogP contribution is 2.34. The number of rotatable bonds is 7. The van der Waals surface area contributed by atoms with Crippen LogP contribution in [0.15, 0.2) is 28.1 Å². The molecule has 1 aromatic carbocycles. The summed E-state index contributed by atoms with van der Waals surface area (Å²) in [6.45, 7) is 5.71. The highest BCUT2D eigenvalue weighted by Gasteiger charge is 2.32. The van der Waals surface area contributed by atoms with E-state index in [9.17, 15) is 4.79 Å². The zero-order valence-corrected chi connectivity index (χ0v) is 16.3. The van der Waals surface area contributed by atoms with Gasteiger partial charge in [-0.3, -0.25) is 14.7 Å². The first kappa shape index (κ1) is 19.4. The van der Waals surface area contributed by atoms with Gasteiger partial charge in [-0.25, -0.2) is 0 Å². The van der Waals surface area contributed by atoms with E-state index in [2.05, 4.69) is 18.8 Å². The number of carbonyl (C=O) groups is 1. The molecule has 6 heteroatoms. The lowest BCUT2D eigenvalue weighted by Gasteiger charge is -2.14. The number of amidine groups is 1. The fraction of sp³-hybridized carbons (Fsp3) is 0.444. The van der Waals surface area contributed by atoms with Gasteiger partial charge in [-0.15, -0.1) is 0 Å². The van der Waals surface area contributed by atoms with E-state index in [1.54, 1.807) is 17.0 Å². The molecule has 3 nitrogen and oxygen atoms in total. The van der Waals surface area contributed by atoms with Crippen molar-refractivity contribution in [3.8, 4) is 0 Å². The third-order valence-electron chi connectivity index (χ3n) is 3.63. The Morgan fingerprint density at radius 1 is 1.21 bits per heavy atom. The Labute approximate surface area is 158 Å². The monoisotopic (exact) mass is 384 g/mol. The molecular weight excluding hydrogens is 363 g/mol. The molecule has 1 aliphatic rings. The summed E-state index contributed by atoms with van der Waals surface area (Å²) in [5, 5.41) is 1.93. The van der Waals surface area contributed by atoms with Gasteiger partial charge < -0.3 is 0 Å². The highest BCUT2D eigenvalue weighted by atomic mass is 35.5. The Morgan fingerprint density at radius 3 is 2.62 bits per heavy atom. The first-order chi connectivity index (χ1) is 11.6. The van der Waals surface area contributed by atoms with Crippen molar-refractivity contribution in [1.82, 2.24) is 4.90 Å². The molecule has 0 N–H and O–H groups in total. The Kier molecular flexibility index (Phi) is 7.66. The molecule has 1 fully saturated rings. The summed E-state index contributed by atoms with van der Waals surface area (Å²) in [5.41, 5.74) is 0.794. The second-order valence-corrected chi connectivity index (χ2v) is 7.46. The van der Waals surface area contributed by atoms with Gasteiger partial charge in [-0.05, 0) is 48.4 Å². The van der Waals surface area contributed by atoms with E-state index in [1.165, 1.54) is 11.8 Å². The Balaban J connectivity index is 2.25. The van der Waals surface area contributed by atoms with Crippen LogP contribution in [-0.2, 0) is 4.79 Å². The van der Waals surface area contributed by atoms with Gasteiger partial charge in [0.1, 0.15) is 0 Å². The molecule has 1 aromatic rings. The lowest BCUT2D eigenvalue weighted by molar-refractivity contribution is -0.122. The summed E-state index contributed by atoms with van der Waals surface area (Å²) in [5.74, 6) is 0.00900. The van der Waals surface area contributed by atoms with Crippen LogP contribution in [-0.4, -0.2) is 29.1 Å². The van der Waals surface area contributed by atoms with Gasteiger partial charge in [-0.1, -0.05) is 56.0 Å². The summed E-state index contributed by atoms with van der Waals surface area (Å²) in [6, 6.07) is 5.29. The van der Waals surface area contributed by atoms with Crippen molar-refractivity contribution in [1.29, 1.82) is 0 Å². The van der Waals surface area contributed by atoms with E-state index in [0.29, 0.717) is 21.5 Å². The van der Waals surface area contributed by atoms with Crippen LogP contribution >= 0.6 is 35.0 Å². The summed E-state index contributed by atoms with van der Waals surface area (Å²) >= 11 is 13.6. The molecule has 0 spiro atoms. The third-order valence-corrected chi connectivity index (χ3v) is 5.24. The maximum atomic E-state index is 12.7. The molecule has 1 amide bonds. The minimum absolute atomic E-state index is 0.00900. The summed E-state index contributed by atoms with van der Waals surface area (Å²) in [6.07, 6.45) is 5.95. The number of halogens is 2. The van der Waals surface area contributed by atoms with E-state index >= 15 is 0 Å². The predicted octanol–water partition coefficient (Wildman–Crippen LogP) is 5.87. The number of nitrogens with zero attached hydrogens (tertiary/aromatic N) is 2. The van der Waals surface area contributed by atoms with Gasteiger partial charge in [0.05, 0.1) is 4.91 Å². The molecular formula is C18H22Cl2N2OS. The average Bonchev–Trinajstić information content (AvgIpc) is 2.84. The Morgan fingerprint density at radius 2 is 1.96 bits per heavy atom. The van der Waals surface area contributed by atoms with Crippen LogP contribution in [0.5, 0.6) is 0 Å². The van der Waals surface area contributed by atoms with Crippen molar-refractivity contribution in [3.63, 3.8) is 0 Å². The normalized spacial score (nSPS) is 18.2. The maximum absolute atomic E-state index is 12.7. The van der Waals surface area contributed by atoms with Crippen molar-refractivity contribution in [2.75, 3.05) is 13.1 Å². The Hall–Kier alpha value is -0.970. The number of aliphatic imine (C=N–C) groups is 1. The molecule has 0 bridgehead atoms. The van der Waals surface area contributed by atoms with Gasteiger partial charge in [0, 0.05) is 23.1 Å². The van der Waals surface area contributed by atoms with Crippen molar-refractivity contribution in [2.24, 2.45) is 4.99 Å². The van der Waals surface area contributed by atoms with Crippen molar-refractivity contribution in [2.45, 2.75) is 39.5 Å². The quantitative estimate of drug-likeness (QED) is 0.435. The van der Waals surface area contributed by atoms with E-state index in [4.69, 9.17) is 23.2 Å². The van der Waals surface area contributed by atoms with E-state index in [-0.39, 0.29) is 5.91 Å². The topological polar surface area (TPSA) is 32.7 Å². The molecule has 1 saturated heterocycles. The molecule has 130 valence electrons. The molecule has 1 aliphatic heterocycles. The molecule has 24 heavy (non-hydrogen) atoms. The molecule has 0 radical (unpaired) electrons. The lowest BCUT2D eigenvalue weighted by Crippen LogP contribution is -2.30. The number of unbranched alkanes of at least 4 members (excludes halogenated alkanes) is 2. The zero-order valence-electron chi connectivity index (χ0n) is 14.0. The number of carbonyl (C=O) groups excluding carboxylic acids is 1. The van der Waals surface area contributed by atoms with Crippen LogP contribution in [0.3, 0.4) is 0 Å². The maximum Gasteiger partial charge on any atom is 0.266 e. The van der Waals surface area contributed by atoms with Gasteiger partial charge in [0.25, 0.3) is 5.91 Å². The second-order valence-electron chi connectivity index (χ2n) is 5.60. The molecule has 1 heterocycles. The summed E-state index contributed by atoms with van der Waals surface area (Å²) in [7, 11) is 0. The number of hydrogen-bond donors (Lipinski definition) is 0. The number of benzene rings is 1. The van der Waals surface area contributed by atoms with E-state index in [0.717, 1.165) is 43.0 Å². The minimum atomic E-state index is 0.00900. The SMILES string of the molecule is CCCCN=C1S/C(=C\c2ccc(Cl)cc2Cl)C(=O)N1CCCC. The first-order valence-electron chi connectivity index (χ1n) is 8.27. The van der Waals surface area contributed by atoms with Gasteiger partial charge in [0.15, 0.2) is 5.17 Å². The summed E-state index contributed by atoms with van der Waals surface area (Å²) in [4.78, 5) is 19.8. The number of hydrogen-bond acceptors (Lipinski definition) is 3. The average molecular weight is 385 g/mol. The standard InChI is InChI=1S/C18H22Cl2N2OS/c1-3-5-9-21-18-22(10-6-4-2)17(23)16(24-18)11-13-7-8-14(19)12-15(13)20/h7-8,11-12H,3-6,9-10H2,1-2H3/b16-11-,21-18?. The zero-order chi connectivity index (χ0) is 17.5. The largest absolute Gasteiger partial charge is 0.287 e. The summed E-state index contributed by atoms with van der Waals surface area (Å²) < 4.78 is 0. The van der Waals surface area contributed by atoms with Crippen LogP contribution in [0.1, 0.15) is 45.1 Å². The van der Waals surface area contributed by atoms with Crippen molar-refractivity contribution >= 4 is 52.1 Å². The smallest absolute Gasteiger partial charge is 0.266 e. The van der Waals surface area contributed by atoms with Crippen LogP contribution < -0.4 is 0 Å². The molecule has 0 aliphatic carbocycles. The van der Waals surface area contributed by atoms with Crippen molar-refractivity contribution in [3.05, 3.63) is 38.7 Å². The van der Waals surface area contributed by atoms with Crippen molar-refractivity contribution < 1.29 is 4.79 Å². The second kappa shape index (κ2) is 9.50. The van der Waals surface area contributed by atoms with Crippen LogP contribution in [0.25, 0.3) is 6.08 Å². The number of amides is 1. The van der Waals surface area contributed by atoms with Gasteiger partial charge in [0.2, 0.25) is 0 Å². The van der Waals surface area contributed by atoms with Gasteiger partial charge in [-0.2, -0.15) is 0 Å². The fourth-order valence-corrected chi connectivity index (χ4v) is 3.72. The fourth-order valence-electron chi connectivity index (χ4n) is 2.23.